The first-order valence-electron chi connectivity index (χ1n) is 5.28. The van der Waals surface area contributed by atoms with Gasteiger partial charge in [0.15, 0.2) is 0 Å². The Bertz CT molecular complexity index is 498. The monoisotopic (exact) mass is 275 g/mol. The number of hydrogen-bond donors (Lipinski definition) is 3. The predicted molar refractivity (Wildman–Crippen MR) is 65.9 cm³/mol. The molecule has 1 aromatic rings. The molecule has 0 aliphatic heterocycles. The van der Waals surface area contributed by atoms with E-state index >= 15 is 0 Å². The van der Waals surface area contributed by atoms with Gasteiger partial charge in [-0.05, 0) is 19.1 Å². The lowest BCUT2D eigenvalue weighted by atomic mass is 10.1. The van der Waals surface area contributed by atoms with E-state index in [2.05, 4.69) is 4.72 Å². The highest BCUT2D eigenvalue weighted by Crippen LogP contribution is 2.17. The topological polar surface area (TPSA) is 95.9 Å². The lowest BCUT2D eigenvalue weighted by Gasteiger charge is -2.20. The van der Waals surface area contributed by atoms with Gasteiger partial charge >= 0.3 is 0 Å². The highest BCUT2D eigenvalue weighted by molar-refractivity contribution is 7.89. The summed E-state index contributed by atoms with van der Waals surface area (Å²) in [6.07, 6.45) is 0. The van der Waals surface area contributed by atoms with Gasteiger partial charge in [-0.3, -0.25) is 0 Å². The first-order chi connectivity index (χ1) is 8.30. The molecule has 0 saturated heterocycles. The first-order valence-corrected chi connectivity index (χ1v) is 6.76. The van der Waals surface area contributed by atoms with Crippen LogP contribution < -0.4 is 9.46 Å². The van der Waals surface area contributed by atoms with E-state index < -0.39 is 22.2 Å². The summed E-state index contributed by atoms with van der Waals surface area (Å²) in [4.78, 5) is 0.0376. The molecule has 0 fully saturated rings. The van der Waals surface area contributed by atoms with Gasteiger partial charge in [-0.2, -0.15) is 0 Å². The average Bonchev–Trinajstić information content (AvgIpc) is 2.37. The third-order valence-corrected chi connectivity index (χ3v) is 3.73. The number of aliphatic hydroxyl groups is 2. The third-order valence-electron chi connectivity index (χ3n) is 2.34. The average molecular weight is 275 g/mol. The zero-order chi connectivity index (χ0) is 13.8. The van der Waals surface area contributed by atoms with Crippen molar-refractivity contribution in [2.75, 3.05) is 20.3 Å². The molecule has 0 saturated carbocycles. The summed E-state index contributed by atoms with van der Waals surface area (Å²) in [5.41, 5.74) is -1.49. The molecule has 0 spiro atoms. The Hall–Kier alpha value is -1.15. The van der Waals surface area contributed by atoms with Crippen LogP contribution in [0.15, 0.2) is 29.2 Å². The second-order valence-electron chi connectivity index (χ2n) is 4.16. The highest BCUT2D eigenvalue weighted by atomic mass is 32.2. The Kier molecular flexibility index (Phi) is 4.69. The van der Waals surface area contributed by atoms with Gasteiger partial charge in [0.05, 0.1) is 24.2 Å². The Morgan fingerprint density at radius 1 is 1.44 bits per heavy atom. The van der Waals surface area contributed by atoms with Gasteiger partial charge in [0.2, 0.25) is 10.0 Å². The summed E-state index contributed by atoms with van der Waals surface area (Å²) < 4.78 is 31.0. The van der Waals surface area contributed by atoms with Crippen molar-refractivity contribution in [1.29, 1.82) is 0 Å². The zero-order valence-electron chi connectivity index (χ0n) is 10.3. The van der Waals surface area contributed by atoms with E-state index in [0.29, 0.717) is 5.75 Å². The zero-order valence-corrected chi connectivity index (χ0v) is 11.1. The van der Waals surface area contributed by atoms with Crippen molar-refractivity contribution in [1.82, 2.24) is 4.72 Å². The summed E-state index contributed by atoms with van der Waals surface area (Å²) in [6.45, 7) is 0.526. The van der Waals surface area contributed by atoms with E-state index in [1.54, 1.807) is 12.1 Å². The minimum absolute atomic E-state index is 0.0376. The fraction of sp³-hybridized carbons (Fsp3) is 0.455. The van der Waals surface area contributed by atoms with Crippen molar-refractivity contribution >= 4 is 10.0 Å². The highest BCUT2D eigenvalue weighted by Gasteiger charge is 2.23. The number of benzene rings is 1. The van der Waals surface area contributed by atoms with Crippen LogP contribution in [0.3, 0.4) is 0 Å². The number of nitrogens with one attached hydrogen (secondary N) is 1. The largest absolute Gasteiger partial charge is 0.497 e. The molecular weight excluding hydrogens is 258 g/mol. The van der Waals surface area contributed by atoms with Gasteiger partial charge < -0.3 is 14.9 Å². The first kappa shape index (κ1) is 14.9. The molecular formula is C11H17NO5S. The summed E-state index contributed by atoms with van der Waals surface area (Å²) in [7, 11) is -2.30. The van der Waals surface area contributed by atoms with Crippen LogP contribution in [0, 0.1) is 0 Å². The van der Waals surface area contributed by atoms with E-state index in [0.717, 1.165) is 0 Å². The van der Waals surface area contributed by atoms with Gasteiger partial charge in [-0.15, -0.1) is 0 Å². The van der Waals surface area contributed by atoms with Crippen LogP contribution in [0.4, 0.5) is 0 Å². The maximum atomic E-state index is 11.9. The lowest BCUT2D eigenvalue weighted by molar-refractivity contribution is 0.00681. The Balaban J connectivity index is 2.86. The molecule has 6 nitrogen and oxygen atoms in total. The molecule has 0 radical (unpaired) electrons. The van der Waals surface area contributed by atoms with E-state index in [4.69, 9.17) is 9.84 Å². The second kappa shape index (κ2) is 5.66. The van der Waals surface area contributed by atoms with Crippen molar-refractivity contribution in [2.45, 2.75) is 17.4 Å². The van der Waals surface area contributed by atoms with Crippen LogP contribution in [0.2, 0.25) is 0 Å². The van der Waals surface area contributed by atoms with Crippen molar-refractivity contribution in [3.63, 3.8) is 0 Å². The van der Waals surface area contributed by atoms with Crippen LogP contribution in [-0.2, 0) is 10.0 Å². The maximum Gasteiger partial charge on any atom is 0.240 e. The fourth-order valence-corrected chi connectivity index (χ4v) is 2.35. The van der Waals surface area contributed by atoms with Crippen molar-refractivity contribution in [2.24, 2.45) is 0 Å². The third kappa shape index (κ3) is 3.95. The maximum absolute atomic E-state index is 11.9. The Morgan fingerprint density at radius 2 is 2.11 bits per heavy atom. The number of ether oxygens (including phenoxy) is 1. The summed E-state index contributed by atoms with van der Waals surface area (Å²) in [5.74, 6) is 0.423. The molecule has 0 amide bonds. The van der Waals surface area contributed by atoms with E-state index in [1.807, 2.05) is 0 Å². The molecule has 0 aliphatic rings. The van der Waals surface area contributed by atoms with Crippen LogP contribution >= 0.6 is 0 Å². The van der Waals surface area contributed by atoms with E-state index in [-0.39, 0.29) is 11.4 Å². The number of hydrogen-bond acceptors (Lipinski definition) is 5. The van der Waals surface area contributed by atoms with Crippen LogP contribution in [0.25, 0.3) is 0 Å². The molecule has 0 bridgehead atoms. The van der Waals surface area contributed by atoms with Crippen molar-refractivity contribution < 1.29 is 23.4 Å². The molecule has 3 N–H and O–H groups in total. The quantitative estimate of drug-likeness (QED) is 0.663. The van der Waals surface area contributed by atoms with Crippen molar-refractivity contribution in [3.8, 4) is 5.75 Å². The van der Waals surface area contributed by atoms with Crippen LogP contribution in [0.1, 0.15) is 6.92 Å². The molecule has 0 aliphatic carbocycles. The minimum Gasteiger partial charge on any atom is -0.497 e. The SMILES string of the molecule is COc1cccc(S(=O)(=O)NCC(C)(O)CO)c1. The summed E-state index contributed by atoms with van der Waals surface area (Å²) in [5, 5.41) is 18.4. The smallest absolute Gasteiger partial charge is 0.240 e. The second-order valence-corrected chi connectivity index (χ2v) is 5.93. The molecule has 102 valence electrons. The van der Waals surface area contributed by atoms with E-state index in [1.165, 1.54) is 26.2 Å². The van der Waals surface area contributed by atoms with Gasteiger partial charge in [0.1, 0.15) is 5.75 Å². The van der Waals surface area contributed by atoms with Crippen molar-refractivity contribution in [3.05, 3.63) is 24.3 Å². The number of sulfonamides is 1. The van der Waals surface area contributed by atoms with Gasteiger partial charge in [0.25, 0.3) is 0 Å². The van der Waals surface area contributed by atoms with E-state index in [9.17, 15) is 13.5 Å². The Labute approximate surface area is 106 Å². The van der Waals surface area contributed by atoms with Gasteiger partial charge in [-0.1, -0.05) is 6.07 Å². The number of aliphatic hydroxyl groups excluding tert-OH is 1. The molecule has 1 unspecified atom stereocenters. The number of rotatable bonds is 6. The Morgan fingerprint density at radius 3 is 2.67 bits per heavy atom. The van der Waals surface area contributed by atoms with Gasteiger partial charge in [-0.25, -0.2) is 13.1 Å². The minimum atomic E-state index is -3.74. The summed E-state index contributed by atoms with van der Waals surface area (Å²) in [6, 6.07) is 5.97. The molecule has 1 aromatic carbocycles. The molecule has 1 atom stereocenters. The van der Waals surface area contributed by atoms with Crippen LogP contribution in [0.5, 0.6) is 5.75 Å². The number of methoxy groups -OCH3 is 1. The molecule has 7 heteroatoms. The normalized spacial score (nSPS) is 15.1. The fourth-order valence-electron chi connectivity index (χ4n) is 1.16. The molecule has 1 rings (SSSR count). The summed E-state index contributed by atoms with van der Waals surface area (Å²) >= 11 is 0. The lowest BCUT2D eigenvalue weighted by Crippen LogP contribution is -2.43. The standard InChI is InChI=1S/C11H17NO5S/c1-11(14,8-13)7-12-18(15,16)10-5-3-4-9(6-10)17-2/h3-6,12-14H,7-8H2,1-2H3. The molecule has 18 heavy (non-hydrogen) atoms. The van der Waals surface area contributed by atoms with Crippen LogP contribution in [-0.4, -0.2) is 44.5 Å². The molecule has 0 heterocycles. The van der Waals surface area contributed by atoms with Gasteiger partial charge in [0, 0.05) is 12.6 Å². The molecule has 0 aromatic heterocycles. The predicted octanol–water partition coefficient (Wildman–Crippen LogP) is -0.283.